The average molecular weight is 283 g/mol. The van der Waals surface area contributed by atoms with Crippen LogP contribution in [0, 0.1) is 0 Å². The van der Waals surface area contributed by atoms with Crippen LogP contribution in [-0.4, -0.2) is 34.0 Å². The summed E-state index contributed by atoms with van der Waals surface area (Å²) in [6.45, 7) is 10.5. The molecule has 0 fully saturated rings. The number of carbonyl (C=O) groups excluding carboxylic acids is 1. The molecule has 0 saturated heterocycles. The maximum Gasteiger partial charge on any atom is 0.407 e. The van der Waals surface area contributed by atoms with E-state index in [2.05, 4.69) is 10.3 Å². The fourth-order valence-corrected chi connectivity index (χ4v) is 1.59. The number of carbonyl (C=O) groups is 1. The van der Waals surface area contributed by atoms with E-state index >= 15 is 0 Å². The molecule has 0 saturated carbocycles. The van der Waals surface area contributed by atoms with Crippen LogP contribution >= 0.6 is 0 Å². The highest BCUT2D eigenvalue weighted by Gasteiger charge is 2.19. The number of methoxy groups -OCH3 is 1. The van der Waals surface area contributed by atoms with Crippen molar-refractivity contribution in [3.8, 4) is 0 Å². The minimum atomic E-state index is -0.498. The maximum atomic E-state index is 11.6. The van der Waals surface area contributed by atoms with Crippen molar-refractivity contribution in [1.29, 1.82) is 0 Å². The molecule has 0 atom stereocenters. The van der Waals surface area contributed by atoms with Crippen molar-refractivity contribution in [2.75, 3.05) is 7.11 Å². The second-order valence-electron chi connectivity index (χ2n) is 6.33. The standard InChI is InChI=1S/C14H25N3O3/c1-13(2,3)20-12(18)16-8-11-7-15-10-17(11)9-14(4,5)19-6/h7,10H,8-9H2,1-6H3,(H,16,18). The van der Waals surface area contributed by atoms with E-state index in [-0.39, 0.29) is 5.60 Å². The van der Waals surface area contributed by atoms with E-state index < -0.39 is 11.7 Å². The molecule has 0 unspecified atom stereocenters. The summed E-state index contributed by atoms with van der Waals surface area (Å²) in [4.78, 5) is 15.7. The largest absolute Gasteiger partial charge is 0.444 e. The highest BCUT2D eigenvalue weighted by Crippen LogP contribution is 2.13. The number of rotatable bonds is 5. The number of amides is 1. The van der Waals surface area contributed by atoms with Gasteiger partial charge in [-0.05, 0) is 34.6 Å². The third-order valence-electron chi connectivity index (χ3n) is 2.71. The zero-order valence-electron chi connectivity index (χ0n) is 13.2. The summed E-state index contributed by atoms with van der Waals surface area (Å²) in [5, 5.41) is 2.72. The third kappa shape index (κ3) is 5.61. The Kier molecular flexibility index (Phi) is 5.16. The molecule has 1 N–H and O–H groups in total. The number of aromatic nitrogens is 2. The summed E-state index contributed by atoms with van der Waals surface area (Å²) in [5.74, 6) is 0. The molecule has 114 valence electrons. The molecule has 0 bridgehead atoms. The Morgan fingerprint density at radius 1 is 1.35 bits per heavy atom. The van der Waals surface area contributed by atoms with Gasteiger partial charge in [0.25, 0.3) is 0 Å². The first-order valence-electron chi connectivity index (χ1n) is 6.64. The van der Waals surface area contributed by atoms with Crippen molar-refractivity contribution in [3.05, 3.63) is 18.2 Å². The van der Waals surface area contributed by atoms with E-state index in [4.69, 9.17) is 9.47 Å². The second-order valence-corrected chi connectivity index (χ2v) is 6.33. The lowest BCUT2D eigenvalue weighted by Gasteiger charge is -2.24. The molecule has 1 rings (SSSR count). The van der Waals surface area contributed by atoms with E-state index in [1.54, 1.807) is 19.6 Å². The van der Waals surface area contributed by atoms with Gasteiger partial charge in [0, 0.05) is 13.3 Å². The van der Waals surface area contributed by atoms with Crippen LogP contribution in [0.1, 0.15) is 40.3 Å². The van der Waals surface area contributed by atoms with Crippen molar-refractivity contribution in [3.63, 3.8) is 0 Å². The molecule has 1 aromatic heterocycles. The normalized spacial score (nSPS) is 12.3. The fourth-order valence-electron chi connectivity index (χ4n) is 1.59. The summed E-state index contributed by atoms with van der Waals surface area (Å²) >= 11 is 0. The van der Waals surface area contributed by atoms with E-state index in [9.17, 15) is 4.79 Å². The van der Waals surface area contributed by atoms with Gasteiger partial charge in [0.2, 0.25) is 0 Å². The number of nitrogens with one attached hydrogen (secondary N) is 1. The lowest BCUT2D eigenvalue weighted by molar-refractivity contribution is 0.00750. The Morgan fingerprint density at radius 2 is 2.00 bits per heavy atom. The summed E-state index contributed by atoms with van der Waals surface area (Å²) in [6.07, 6.45) is 3.02. The van der Waals surface area contributed by atoms with Crippen molar-refractivity contribution in [2.24, 2.45) is 0 Å². The van der Waals surface area contributed by atoms with Gasteiger partial charge in [-0.3, -0.25) is 0 Å². The first kappa shape index (κ1) is 16.5. The smallest absolute Gasteiger partial charge is 0.407 e. The van der Waals surface area contributed by atoms with E-state index in [0.29, 0.717) is 13.1 Å². The minimum absolute atomic E-state index is 0.290. The predicted molar refractivity (Wildman–Crippen MR) is 76.4 cm³/mol. The van der Waals surface area contributed by atoms with Crippen LogP contribution in [0.5, 0.6) is 0 Å². The molecule has 1 aromatic rings. The lowest BCUT2D eigenvalue weighted by Crippen LogP contribution is -2.34. The highest BCUT2D eigenvalue weighted by atomic mass is 16.6. The minimum Gasteiger partial charge on any atom is -0.444 e. The molecule has 20 heavy (non-hydrogen) atoms. The molecule has 6 heteroatoms. The van der Waals surface area contributed by atoms with Crippen LogP contribution in [0.4, 0.5) is 4.79 Å². The summed E-state index contributed by atoms with van der Waals surface area (Å²) in [6, 6.07) is 0. The molecule has 6 nitrogen and oxygen atoms in total. The third-order valence-corrected chi connectivity index (χ3v) is 2.71. The summed E-state index contributed by atoms with van der Waals surface area (Å²) in [7, 11) is 1.68. The zero-order chi connectivity index (χ0) is 15.4. The van der Waals surface area contributed by atoms with Crippen molar-refractivity contribution in [2.45, 2.75) is 58.9 Å². The van der Waals surface area contributed by atoms with Crippen LogP contribution < -0.4 is 5.32 Å². The number of nitrogens with zero attached hydrogens (tertiary/aromatic N) is 2. The highest BCUT2D eigenvalue weighted by molar-refractivity contribution is 5.67. The van der Waals surface area contributed by atoms with Crippen LogP contribution in [0.2, 0.25) is 0 Å². The van der Waals surface area contributed by atoms with Crippen LogP contribution in [0.3, 0.4) is 0 Å². The summed E-state index contributed by atoms with van der Waals surface area (Å²) < 4.78 is 12.5. The van der Waals surface area contributed by atoms with Crippen LogP contribution in [0.15, 0.2) is 12.5 Å². The molecule has 1 heterocycles. The molecule has 0 spiro atoms. The van der Waals surface area contributed by atoms with Gasteiger partial charge in [0.15, 0.2) is 0 Å². The van der Waals surface area contributed by atoms with Gasteiger partial charge >= 0.3 is 6.09 Å². The van der Waals surface area contributed by atoms with E-state index in [1.807, 2.05) is 39.2 Å². The molecule has 1 amide bonds. The predicted octanol–water partition coefficient (Wildman–Crippen LogP) is 2.33. The zero-order valence-corrected chi connectivity index (χ0v) is 13.2. The monoisotopic (exact) mass is 283 g/mol. The van der Waals surface area contributed by atoms with Gasteiger partial charge < -0.3 is 19.4 Å². The first-order valence-corrected chi connectivity index (χ1v) is 6.64. The molecular weight excluding hydrogens is 258 g/mol. The number of hydrogen-bond acceptors (Lipinski definition) is 4. The number of imidazole rings is 1. The van der Waals surface area contributed by atoms with Crippen LogP contribution in [-0.2, 0) is 22.6 Å². The molecule has 0 radical (unpaired) electrons. The van der Waals surface area contributed by atoms with Gasteiger partial charge in [0.05, 0.1) is 30.7 Å². The van der Waals surface area contributed by atoms with E-state index in [0.717, 1.165) is 5.69 Å². The lowest BCUT2D eigenvalue weighted by atomic mass is 10.1. The Bertz CT molecular complexity index is 447. The summed E-state index contributed by atoms with van der Waals surface area (Å²) in [5.41, 5.74) is 0.116. The second kappa shape index (κ2) is 6.26. The van der Waals surface area contributed by atoms with Gasteiger partial charge in [0.1, 0.15) is 5.60 Å². The molecule has 0 aromatic carbocycles. The topological polar surface area (TPSA) is 65.4 Å². The molecular formula is C14H25N3O3. The Morgan fingerprint density at radius 3 is 2.55 bits per heavy atom. The Labute approximate surface area is 120 Å². The number of hydrogen-bond donors (Lipinski definition) is 1. The Hall–Kier alpha value is -1.56. The van der Waals surface area contributed by atoms with Crippen LogP contribution in [0.25, 0.3) is 0 Å². The molecule has 0 aliphatic heterocycles. The quantitative estimate of drug-likeness (QED) is 0.900. The Balaban J connectivity index is 2.58. The van der Waals surface area contributed by atoms with E-state index in [1.165, 1.54) is 0 Å². The number of alkyl carbamates (subject to hydrolysis) is 1. The SMILES string of the molecule is COC(C)(C)Cn1cncc1CNC(=O)OC(C)(C)C. The first-order chi connectivity index (χ1) is 9.13. The van der Waals surface area contributed by atoms with Crippen molar-refractivity contribution < 1.29 is 14.3 Å². The maximum absolute atomic E-state index is 11.6. The van der Waals surface area contributed by atoms with Crippen molar-refractivity contribution >= 4 is 6.09 Å². The van der Waals surface area contributed by atoms with Crippen molar-refractivity contribution in [1.82, 2.24) is 14.9 Å². The number of ether oxygens (including phenoxy) is 2. The van der Waals surface area contributed by atoms with Gasteiger partial charge in [-0.15, -0.1) is 0 Å². The van der Waals surface area contributed by atoms with Gasteiger partial charge in [-0.25, -0.2) is 9.78 Å². The molecule has 0 aliphatic carbocycles. The van der Waals surface area contributed by atoms with Gasteiger partial charge in [-0.2, -0.15) is 0 Å². The molecule has 0 aliphatic rings. The van der Waals surface area contributed by atoms with Gasteiger partial charge in [-0.1, -0.05) is 0 Å². The fraction of sp³-hybridized carbons (Fsp3) is 0.714. The average Bonchev–Trinajstić information content (AvgIpc) is 2.71.